The average molecular weight is 372 g/mol. The molecule has 3 aromatic rings. The Hall–Kier alpha value is -3.38. The molecule has 0 aliphatic carbocycles. The van der Waals surface area contributed by atoms with Crippen LogP contribution in [0, 0.1) is 5.92 Å². The van der Waals surface area contributed by atoms with E-state index in [1.165, 1.54) is 0 Å². The van der Waals surface area contributed by atoms with Crippen LogP contribution in [-0.4, -0.2) is 22.9 Å². The van der Waals surface area contributed by atoms with Gasteiger partial charge in [-0.2, -0.15) is 0 Å². The van der Waals surface area contributed by atoms with Crippen LogP contribution in [-0.2, 0) is 22.6 Å². The molecule has 6 heteroatoms. The zero-order valence-corrected chi connectivity index (χ0v) is 15.2. The lowest BCUT2D eigenvalue weighted by Gasteiger charge is -2.09. The van der Waals surface area contributed by atoms with Gasteiger partial charge in [0.1, 0.15) is 5.70 Å². The van der Waals surface area contributed by atoms with Crippen LogP contribution in [0.5, 0.6) is 0 Å². The Morgan fingerprint density at radius 1 is 1.04 bits per heavy atom. The highest BCUT2D eigenvalue weighted by Crippen LogP contribution is 2.39. The van der Waals surface area contributed by atoms with Crippen molar-refractivity contribution in [1.29, 1.82) is 0 Å². The van der Waals surface area contributed by atoms with Crippen LogP contribution in [0.1, 0.15) is 11.3 Å². The van der Waals surface area contributed by atoms with Crippen LogP contribution >= 0.6 is 0 Å². The molecule has 0 saturated heterocycles. The molecule has 2 aliphatic heterocycles. The summed E-state index contributed by atoms with van der Waals surface area (Å²) in [5.74, 6) is -0.426. The van der Waals surface area contributed by atoms with Gasteiger partial charge in [-0.25, -0.2) is 0 Å². The van der Waals surface area contributed by atoms with Gasteiger partial charge < -0.3 is 15.6 Å². The second-order valence-corrected chi connectivity index (χ2v) is 7.28. The molecule has 4 N–H and O–H groups in total. The topological polar surface area (TPSA) is 89.2 Å². The van der Waals surface area contributed by atoms with Crippen molar-refractivity contribution >= 4 is 34.0 Å². The molecule has 0 unspecified atom stereocenters. The number of imide groups is 1. The highest BCUT2D eigenvalue weighted by atomic mass is 16.2. The minimum Gasteiger partial charge on any atom is -0.350 e. The van der Waals surface area contributed by atoms with Gasteiger partial charge in [0.2, 0.25) is 0 Å². The summed E-state index contributed by atoms with van der Waals surface area (Å²) >= 11 is 0. The lowest BCUT2D eigenvalue weighted by Crippen LogP contribution is -2.24. The van der Waals surface area contributed by atoms with E-state index in [0.717, 1.165) is 40.8 Å². The molecule has 5 rings (SSSR count). The molecule has 0 bridgehead atoms. The molecule has 1 atom stereocenters. The van der Waals surface area contributed by atoms with E-state index in [9.17, 15) is 9.59 Å². The number of nitrogens with two attached hydrogens (primary N) is 1. The number of hydrogen-bond acceptors (Lipinski definition) is 4. The fraction of sp³-hybridized carbons (Fsp3) is 0.182. The Labute approximate surface area is 162 Å². The predicted octanol–water partition coefficient (Wildman–Crippen LogP) is 2.25. The van der Waals surface area contributed by atoms with Crippen molar-refractivity contribution in [2.75, 3.05) is 11.9 Å². The summed E-state index contributed by atoms with van der Waals surface area (Å²) in [7, 11) is 0. The monoisotopic (exact) mass is 372 g/mol. The average Bonchev–Trinajstić information content (AvgIpc) is 3.34. The molecular weight excluding hydrogens is 352 g/mol. The van der Waals surface area contributed by atoms with Gasteiger partial charge in [0.05, 0.1) is 5.57 Å². The molecule has 3 heterocycles. The molecule has 140 valence electrons. The molecule has 0 spiro atoms. The number of carbonyl (C=O) groups is 2. The fourth-order valence-corrected chi connectivity index (χ4v) is 4.29. The van der Waals surface area contributed by atoms with Crippen molar-refractivity contribution in [2.45, 2.75) is 13.0 Å². The number of para-hydroxylation sites is 2. The van der Waals surface area contributed by atoms with Gasteiger partial charge in [-0.3, -0.25) is 14.9 Å². The molecular formula is C22H20N4O2. The van der Waals surface area contributed by atoms with Gasteiger partial charge >= 0.3 is 0 Å². The Kier molecular flexibility index (Phi) is 3.80. The first-order valence-electron chi connectivity index (χ1n) is 9.40. The third kappa shape index (κ3) is 2.46. The van der Waals surface area contributed by atoms with Crippen molar-refractivity contribution in [2.24, 2.45) is 11.7 Å². The molecule has 1 aromatic heterocycles. The molecule has 0 saturated carbocycles. The van der Waals surface area contributed by atoms with Crippen LogP contribution in [0.15, 0.2) is 60.3 Å². The van der Waals surface area contributed by atoms with Gasteiger partial charge in [0.25, 0.3) is 11.8 Å². The van der Waals surface area contributed by atoms with Gasteiger partial charge in [-0.15, -0.1) is 0 Å². The number of nitrogens with zero attached hydrogens (tertiary/aromatic N) is 1. The van der Waals surface area contributed by atoms with Crippen molar-refractivity contribution in [3.63, 3.8) is 0 Å². The second kappa shape index (κ2) is 6.35. The van der Waals surface area contributed by atoms with Crippen LogP contribution in [0.2, 0.25) is 0 Å². The zero-order valence-electron chi connectivity index (χ0n) is 15.2. The quantitative estimate of drug-likeness (QED) is 0.613. The first kappa shape index (κ1) is 16.8. The van der Waals surface area contributed by atoms with E-state index in [2.05, 4.69) is 21.3 Å². The van der Waals surface area contributed by atoms with Gasteiger partial charge in [0.15, 0.2) is 0 Å². The molecule has 28 heavy (non-hydrogen) atoms. The van der Waals surface area contributed by atoms with Crippen LogP contribution < -0.4 is 16.4 Å². The summed E-state index contributed by atoms with van der Waals surface area (Å²) in [5.41, 5.74) is 10.4. The van der Waals surface area contributed by atoms with E-state index in [0.29, 0.717) is 23.7 Å². The van der Waals surface area contributed by atoms with Crippen molar-refractivity contribution in [1.82, 2.24) is 9.88 Å². The number of anilines is 1. The summed E-state index contributed by atoms with van der Waals surface area (Å²) in [5, 5.41) is 6.60. The van der Waals surface area contributed by atoms with Crippen molar-refractivity contribution in [3.8, 4) is 0 Å². The maximum atomic E-state index is 12.8. The molecule has 0 radical (unpaired) electrons. The molecule has 2 aliphatic rings. The third-order valence-electron chi connectivity index (χ3n) is 5.56. The SMILES string of the molecule is NC[C@@H]1Cc2c(C3=C(Nc4ccccc4)C(=O)NC3=O)c3ccccc3n2C1. The normalized spacial score (nSPS) is 18.7. The fourth-order valence-electron chi connectivity index (χ4n) is 4.29. The number of amides is 2. The Balaban J connectivity index is 1.74. The Bertz CT molecular complexity index is 1140. The van der Waals surface area contributed by atoms with Gasteiger partial charge in [-0.1, -0.05) is 36.4 Å². The largest absolute Gasteiger partial charge is 0.350 e. The summed E-state index contributed by atoms with van der Waals surface area (Å²) in [6.45, 7) is 1.42. The van der Waals surface area contributed by atoms with E-state index in [-0.39, 0.29) is 5.91 Å². The summed E-state index contributed by atoms with van der Waals surface area (Å²) in [4.78, 5) is 25.4. The van der Waals surface area contributed by atoms with Crippen LogP contribution in [0.25, 0.3) is 16.5 Å². The number of hydrogen-bond donors (Lipinski definition) is 3. The number of fused-ring (bicyclic) bond motifs is 3. The molecule has 2 aromatic carbocycles. The van der Waals surface area contributed by atoms with Crippen LogP contribution in [0.3, 0.4) is 0 Å². The van der Waals surface area contributed by atoms with Crippen molar-refractivity contribution in [3.05, 3.63) is 71.6 Å². The van der Waals surface area contributed by atoms with Crippen molar-refractivity contribution < 1.29 is 9.59 Å². The predicted molar refractivity (Wildman–Crippen MR) is 108 cm³/mol. The van der Waals surface area contributed by atoms with E-state index in [4.69, 9.17) is 5.73 Å². The number of carbonyl (C=O) groups excluding carboxylic acids is 2. The number of nitrogens with one attached hydrogen (secondary N) is 2. The van der Waals surface area contributed by atoms with E-state index >= 15 is 0 Å². The molecule has 6 nitrogen and oxygen atoms in total. The summed E-state index contributed by atoms with van der Waals surface area (Å²) in [6, 6.07) is 17.4. The zero-order chi connectivity index (χ0) is 19.3. The lowest BCUT2D eigenvalue weighted by molar-refractivity contribution is -0.123. The van der Waals surface area contributed by atoms with Crippen LogP contribution in [0.4, 0.5) is 5.69 Å². The minimum atomic E-state index is -0.402. The Morgan fingerprint density at radius 2 is 1.79 bits per heavy atom. The van der Waals surface area contributed by atoms with E-state index < -0.39 is 5.91 Å². The highest BCUT2D eigenvalue weighted by Gasteiger charge is 2.37. The molecule has 2 amide bonds. The first-order chi connectivity index (χ1) is 13.7. The van der Waals surface area contributed by atoms with E-state index in [1.54, 1.807) is 0 Å². The lowest BCUT2D eigenvalue weighted by atomic mass is 9.96. The highest BCUT2D eigenvalue weighted by molar-refractivity contribution is 6.38. The number of rotatable bonds is 4. The first-order valence-corrected chi connectivity index (χ1v) is 9.40. The van der Waals surface area contributed by atoms with Gasteiger partial charge in [0, 0.05) is 34.4 Å². The third-order valence-corrected chi connectivity index (χ3v) is 5.56. The number of benzene rings is 2. The summed E-state index contributed by atoms with van der Waals surface area (Å²) < 4.78 is 2.24. The number of aromatic nitrogens is 1. The molecule has 0 fully saturated rings. The smallest absolute Gasteiger partial charge is 0.275 e. The Morgan fingerprint density at radius 3 is 2.57 bits per heavy atom. The maximum Gasteiger partial charge on any atom is 0.275 e. The standard InChI is InChI=1S/C22H20N4O2/c23-11-13-10-17-18(15-8-4-5-9-16(15)26(17)12-13)19-20(22(28)25-21(19)27)24-14-6-2-1-3-7-14/h1-9,13H,10-12,23H2,(H2,24,25,27,28)/t13-/m0/s1. The maximum absolute atomic E-state index is 12.8. The van der Waals surface area contributed by atoms with E-state index in [1.807, 2.05) is 48.5 Å². The minimum absolute atomic E-state index is 0.298. The van der Waals surface area contributed by atoms with Gasteiger partial charge in [-0.05, 0) is 37.1 Å². The second-order valence-electron chi connectivity index (χ2n) is 7.28. The summed E-state index contributed by atoms with van der Waals surface area (Å²) in [6.07, 6.45) is 0.796.